The number of hydrogen-bond donors (Lipinski definition) is 4. The molecule has 0 aromatic rings. The Kier molecular flexibility index (Phi) is 9700. The molecule has 0 aromatic heterocycles. The third-order valence-corrected chi connectivity index (χ3v) is 0. The molecule has 0 unspecified atom stereocenters. The Morgan fingerprint density at radius 1 is 0.500 bits per heavy atom. The van der Waals surface area contributed by atoms with Gasteiger partial charge in [-0.3, -0.25) is 0 Å². The zero-order chi connectivity index (χ0) is 8.00. The Morgan fingerprint density at radius 2 is 0.500 bits per heavy atom. The van der Waals surface area contributed by atoms with E-state index in [1.165, 1.54) is 0 Å². The van der Waals surface area contributed by atoms with E-state index in [1.807, 2.05) is 0 Å². The molecule has 4 nitrogen and oxygen atoms in total. The monoisotopic (exact) mass is 236 g/mol. The van der Waals surface area contributed by atoms with Crippen LogP contribution in [0.2, 0.25) is 0 Å². The molecule has 0 fully saturated rings. The van der Waals surface area contributed by atoms with Crippen molar-refractivity contribution in [3.05, 3.63) is 7.43 Å². The maximum Gasteiger partial charge on any atom is 0.0319 e. The van der Waals surface area contributed by atoms with Crippen LogP contribution in [-0.2, 0) is 22.4 Å². The molecule has 0 rings (SSSR count). The molecule has 0 aliphatic rings. The molecule has 0 spiro atoms. The predicted octanol–water partition coefficient (Wildman–Crippen LogP) is -1.12. The molecule has 5 heteroatoms. The van der Waals surface area contributed by atoms with Gasteiger partial charge in [-0.15, -0.1) is 0 Å². The Labute approximate surface area is 79.0 Å². The van der Waals surface area contributed by atoms with Gasteiger partial charge in [0.15, 0.2) is 0 Å². The second-order valence-corrected chi connectivity index (χ2v) is 0. The minimum Gasteiger partial charge on any atom is -0.400 e. The second kappa shape index (κ2) is 2090. The SMILES string of the molecule is CO.CO.CO.CO.[CH3-].[Nb]. The fourth-order valence-electron chi connectivity index (χ4n) is 0. The van der Waals surface area contributed by atoms with Crippen molar-refractivity contribution in [1.29, 1.82) is 0 Å². The molecular formula is C5H19NbO4-. The average molecular weight is 236 g/mol. The number of aliphatic hydroxyl groups excluding tert-OH is 4. The first kappa shape index (κ1) is 46.3. The van der Waals surface area contributed by atoms with E-state index < -0.39 is 0 Å². The van der Waals surface area contributed by atoms with E-state index in [9.17, 15) is 0 Å². The van der Waals surface area contributed by atoms with Crippen molar-refractivity contribution in [2.75, 3.05) is 28.4 Å². The van der Waals surface area contributed by atoms with Gasteiger partial charge in [-0.05, 0) is 0 Å². The molecule has 0 amide bonds. The molecule has 0 heterocycles. The fraction of sp³-hybridized carbons (Fsp3) is 0.800. The summed E-state index contributed by atoms with van der Waals surface area (Å²) in [6.45, 7) is 0. The van der Waals surface area contributed by atoms with Crippen LogP contribution >= 0.6 is 0 Å². The second-order valence-electron chi connectivity index (χ2n) is 0. The van der Waals surface area contributed by atoms with Crippen LogP contribution < -0.4 is 0 Å². The number of aliphatic hydroxyl groups is 4. The van der Waals surface area contributed by atoms with E-state index in [-0.39, 0.29) is 29.8 Å². The van der Waals surface area contributed by atoms with Crippen LogP contribution in [-0.4, -0.2) is 48.9 Å². The number of rotatable bonds is 0. The summed E-state index contributed by atoms with van der Waals surface area (Å²) in [5.41, 5.74) is 0. The minimum absolute atomic E-state index is 0. The summed E-state index contributed by atoms with van der Waals surface area (Å²) in [6.07, 6.45) is 0. The third-order valence-electron chi connectivity index (χ3n) is 0. The van der Waals surface area contributed by atoms with Crippen LogP contribution in [0.4, 0.5) is 0 Å². The maximum atomic E-state index is 7.00. The summed E-state index contributed by atoms with van der Waals surface area (Å²) >= 11 is 0. The van der Waals surface area contributed by atoms with Gasteiger partial charge in [-0.1, -0.05) is 0 Å². The predicted molar refractivity (Wildman–Crippen MR) is 39.0 cm³/mol. The van der Waals surface area contributed by atoms with E-state index in [0.717, 1.165) is 28.4 Å². The molecule has 0 aliphatic carbocycles. The van der Waals surface area contributed by atoms with Gasteiger partial charge in [0.05, 0.1) is 0 Å². The first-order valence-electron chi connectivity index (χ1n) is 1.79. The fourth-order valence-corrected chi connectivity index (χ4v) is 0. The topological polar surface area (TPSA) is 80.9 Å². The molecule has 10 heavy (non-hydrogen) atoms. The van der Waals surface area contributed by atoms with Crippen LogP contribution in [0, 0.1) is 7.43 Å². The van der Waals surface area contributed by atoms with E-state index in [4.69, 9.17) is 20.4 Å². The molecule has 0 atom stereocenters. The normalized spacial score (nSPS) is 2.40. The van der Waals surface area contributed by atoms with Crippen LogP contribution in [0.3, 0.4) is 0 Å². The van der Waals surface area contributed by atoms with Crippen molar-refractivity contribution in [2.45, 2.75) is 0 Å². The van der Waals surface area contributed by atoms with Crippen molar-refractivity contribution in [1.82, 2.24) is 0 Å². The van der Waals surface area contributed by atoms with Gasteiger partial charge in [0.25, 0.3) is 0 Å². The molecule has 0 aliphatic heterocycles. The van der Waals surface area contributed by atoms with Gasteiger partial charge < -0.3 is 27.9 Å². The van der Waals surface area contributed by atoms with Crippen LogP contribution in [0.25, 0.3) is 0 Å². The first-order chi connectivity index (χ1) is 4.00. The minimum atomic E-state index is 0. The summed E-state index contributed by atoms with van der Waals surface area (Å²) in [5.74, 6) is 0. The molecule has 0 bridgehead atoms. The van der Waals surface area contributed by atoms with E-state index in [0.29, 0.717) is 0 Å². The van der Waals surface area contributed by atoms with E-state index in [2.05, 4.69) is 0 Å². The first-order valence-corrected chi connectivity index (χ1v) is 1.79. The zero-order valence-corrected chi connectivity index (χ0v) is 9.43. The van der Waals surface area contributed by atoms with Crippen molar-refractivity contribution in [2.24, 2.45) is 0 Å². The van der Waals surface area contributed by atoms with Crippen LogP contribution in [0.5, 0.6) is 0 Å². The van der Waals surface area contributed by atoms with Gasteiger partial charge in [0, 0.05) is 50.8 Å². The van der Waals surface area contributed by atoms with Gasteiger partial charge >= 0.3 is 0 Å². The average Bonchev–Trinajstić information content (AvgIpc) is 2.03. The van der Waals surface area contributed by atoms with E-state index in [1.54, 1.807) is 0 Å². The summed E-state index contributed by atoms with van der Waals surface area (Å²) in [7, 11) is 4.00. The van der Waals surface area contributed by atoms with Crippen LogP contribution in [0.15, 0.2) is 0 Å². The molecule has 4 N–H and O–H groups in total. The Bertz CT molecular complexity index is 13.6. The number of hydrogen-bond acceptors (Lipinski definition) is 4. The Hall–Kier alpha value is 0.580. The maximum absolute atomic E-state index is 7.00. The molecule has 0 aromatic carbocycles. The van der Waals surface area contributed by atoms with Gasteiger partial charge in [0.1, 0.15) is 0 Å². The molecule has 69 valence electrons. The third kappa shape index (κ3) is 1460. The summed E-state index contributed by atoms with van der Waals surface area (Å²) in [4.78, 5) is 0. The Balaban J connectivity index is -0.00000000500. The summed E-state index contributed by atoms with van der Waals surface area (Å²) in [5, 5.41) is 28.0. The largest absolute Gasteiger partial charge is 0.400 e. The molecular weight excluding hydrogens is 217 g/mol. The van der Waals surface area contributed by atoms with Crippen molar-refractivity contribution in [3.8, 4) is 0 Å². The smallest absolute Gasteiger partial charge is 0.0319 e. The van der Waals surface area contributed by atoms with Gasteiger partial charge in [0.2, 0.25) is 0 Å². The Morgan fingerprint density at radius 3 is 0.500 bits per heavy atom. The molecule has 0 saturated heterocycles. The van der Waals surface area contributed by atoms with Crippen molar-refractivity contribution < 1.29 is 42.8 Å². The van der Waals surface area contributed by atoms with Crippen molar-refractivity contribution >= 4 is 0 Å². The molecule has 0 saturated carbocycles. The summed E-state index contributed by atoms with van der Waals surface area (Å²) < 4.78 is 0. The van der Waals surface area contributed by atoms with Gasteiger partial charge in [-0.25, -0.2) is 0 Å². The zero-order valence-electron chi connectivity index (χ0n) is 7.24. The van der Waals surface area contributed by atoms with Crippen LogP contribution in [0.1, 0.15) is 0 Å². The summed E-state index contributed by atoms with van der Waals surface area (Å²) in [6, 6.07) is 0. The van der Waals surface area contributed by atoms with Crippen molar-refractivity contribution in [3.63, 3.8) is 0 Å². The quantitative estimate of drug-likeness (QED) is 0.317. The standard InChI is InChI=1S/4CH4O.CH3.Nb/c4*1-2;;/h4*2H,1H3;1H3;/q;;;;-1;. The van der Waals surface area contributed by atoms with Gasteiger partial charge in [-0.2, -0.15) is 0 Å². The molecule has 1 radical (unpaired) electrons. The van der Waals surface area contributed by atoms with E-state index >= 15 is 0 Å².